The van der Waals surface area contributed by atoms with Gasteiger partial charge in [0.15, 0.2) is 0 Å². The molecule has 22 heavy (non-hydrogen) atoms. The third-order valence-electron chi connectivity index (χ3n) is 2.42. The topological polar surface area (TPSA) is 173 Å². The number of imidazole rings is 1. The van der Waals surface area contributed by atoms with E-state index in [4.69, 9.17) is 5.53 Å². The van der Waals surface area contributed by atoms with Crippen LogP contribution in [-0.2, 0) is 20.8 Å². The molecular weight excluding hydrogens is 320 g/mol. The van der Waals surface area contributed by atoms with E-state index >= 15 is 0 Å². The maximum Gasteiger partial charge on any atom is 0.434 e. The Kier molecular flexibility index (Phi) is 6.72. The van der Waals surface area contributed by atoms with E-state index in [1.807, 2.05) is 0 Å². The highest BCUT2D eigenvalue weighted by molar-refractivity contribution is 7.86. The van der Waals surface area contributed by atoms with E-state index in [9.17, 15) is 23.6 Å². The van der Waals surface area contributed by atoms with E-state index in [0.29, 0.717) is 0 Å². The predicted octanol–water partition coefficient (Wildman–Crippen LogP) is 0.199. The third kappa shape index (κ3) is 6.05. The fraction of sp³-hybridized carbons (Fsp3) is 0.667. The normalized spacial score (nSPS) is 12.6. The molecule has 122 valence electrons. The molecule has 0 aliphatic carbocycles. The molecule has 1 atom stereocenters. The zero-order chi connectivity index (χ0) is 16.6. The molecule has 1 aromatic heterocycles. The van der Waals surface area contributed by atoms with Crippen LogP contribution in [0.2, 0.25) is 0 Å². The molecule has 1 rings (SSSR count). The average Bonchev–Trinajstić information content (AvgIpc) is 2.90. The molecule has 1 aromatic rings. The summed E-state index contributed by atoms with van der Waals surface area (Å²) in [6, 6.07) is 0. The zero-order valence-corrected chi connectivity index (χ0v) is 12.2. The molecule has 0 aromatic carbocycles. The van der Waals surface area contributed by atoms with Crippen LogP contribution in [0.15, 0.2) is 17.5 Å². The fourth-order valence-electron chi connectivity index (χ4n) is 1.49. The second-order valence-corrected chi connectivity index (χ2v) is 5.90. The maximum atomic E-state index is 11.5. The Bertz CT molecular complexity index is 651. The van der Waals surface area contributed by atoms with Crippen molar-refractivity contribution in [3.05, 3.63) is 33.0 Å². The van der Waals surface area contributed by atoms with Crippen LogP contribution in [0.5, 0.6) is 0 Å². The second-order valence-electron chi connectivity index (χ2n) is 4.14. The van der Waals surface area contributed by atoms with Crippen molar-refractivity contribution in [2.24, 2.45) is 5.11 Å². The first-order chi connectivity index (χ1) is 10.4. The van der Waals surface area contributed by atoms with Gasteiger partial charge in [-0.25, -0.2) is 4.57 Å². The van der Waals surface area contributed by atoms with Crippen molar-refractivity contribution in [1.29, 1.82) is 0 Å². The summed E-state index contributed by atoms with van der Waals surface area (Å²) >= 11 is 0. The molecule has 1 heterocycles. The fourth-order valence-corrected chi connectivity index (χ4v) is 2.46. The monoisotopic (exact) mass is 334 g/mol. The number of aliphatic hydroxyl groups excluding tert-OH is 1. The minimum Gasteiger partial charge on any atom is -0.390 e. The van der Waals surface area contributed by atoms with Crippen LogP contribution in [0, 0.1) is 10.1 Å². The quantitative estimate of drug-likeness (QED) is 0.121. The second kappa shape index (κ2) is 8.29. The van der Waals surface area contributed by atoms with E-state index in [1.54, 1.807) is 0 Å². The number of rotatable bonds is 10. The van der Waals surface area contributed by atoms with Gasteiger partial charge in [-0.05, 0) is 16.9 Å². The first-order valence-corrected chi connectivity index (χ1v) is 7.65. The predicted molar refractivity (Wildman–Crippen MR) is 73.3 cm³/mol. The number of azide groups is 1. The summed E-state index contributed by atoms with van der Waals surface area (Å²) < 4.78 is 28.6. The van der Waals surface area contributed by atoms with E-state index in [-0.39, 0.29) is 25.3 Å². The Hall–Kier alpha value is -2.21. The molecule has 13 heteroatoms. The largest absolute Gasteiger partial charge is 0.434 e. The van der Waals surface area contributed by atoms with E-state index in [2.05, 4.69) is 19.2 Å². The highest BCUT2D eigenvalue weighted by Gasteiger charge is 2.20. The Labute approximate surface area is 125 Å². The summed E-state index contributed by atoms with van der Waals surface area (Å²) in [6.07, 6.45) is 1.31. The highest BCUT2D eigenvalue weighted by atomic mass is 32.2. The van der Waals surface area contributed by atoms with Crippen molar-refractivity contribution in [3.63, 3.8) is 0 Å². The van der Waals surface area contributed by atoms with Gasteiger partial charge < -0.3 is 15.2 Å². The van der Waals surface area contributed by atoms with Crippen LogP contribution < -0.4 is 0 Å². The van der Waals surface area contributed by atoms with Gasteiger partial charge in [0.05, 0.1) is 18.9 Å². The number of nitrogens with zero attached hydrogens (tertiary/aromatic N) is 6. The molecule has 0 aliphatic rings. The minimum absolute atomic E-state index is 0.0167. The number of hydrogen-bond donors (Lipinski definition) is 1. The molecule has 0 bridgehead atoms. The lowest BCUT2D eigenvalue weighted by molar-refractivity contribution is -0.397. The lowest BCUT2D eigenvalue weighted by atomic mass is 10.4. The molecule has 0 amide bonds. The van der Waals surface area contributed by atoms with Gasteiger partial charge in [-0.1, -0.05) is 10.1 Å². The Morgan fingerprint density at radius 2 is 2.36 bits per heavy atom. The first-order valence-electron chi connectivity index (χ1n) is 6.07. The van der Waals surface area contributed by atoms with Gasteiger partial charge in [0.1, 0.15) is 18.5 Å². The van der Waals surface area contributed by atoms with Crippen molar-refractivity contribution in [1.82, 2.24) is 9.55 Å². The van der Waals surface area contributed by atoms with Crippen molar-refractivity contribution in [2.75, 3.05) is 18.9 Å². The van der Waals surface area contributed by atoms with Crippen LogP contribution in [0.1, 0.15) is 6.42 Å². The lowest BCUT2D eigenvalue weighted by Gasteiger charge is -2.10. The molecule has 0 spiro atoms. The number of aromatic nitrogens is 2. The van der Waals surface area contributed by atoms with Crippen molar-refractivity contribution in [3.8, 4) is 0 Å². The summed E-state index contributed by atoms with van der Waals surface area (Å²) in [5.41, 5.74) is 8.04. The molecule has 1 unspecified atom stereocenters. The molecule has 0 radical (unpaired) electrons. The summed E-state index contributed by atoms with van der Waals surface area (Å²) in [4.78, 5) is 15.9. The Balaban J connectivity index is 2.45. The highest BCUT2D eigenvalue weighted by Crippen LogP contribution is 2.09. The molecular formula is C9H14N6O6S. The van der Waals surface area contributed by atoms with Crippen LogP contribution in [0.3, 0.4) is 0 Å². The van der Waals surface area contributed by atoms with Gasteiger partial charge >= 0.3 is 5.95 Å². The van der Waals surface area contributed by atoms with E-state index in [0.717, 1.165) is 4.57 Å². The van der Waals surface area contributed by atoms with Crippen LogP contribution in [-0.4, -0.2) is 53.0 Å². The molecule has 0 fully saturated rings. The zero-order valence-electron chi connectivity index (χ0n) is 11.3. The number of hydrogen-bond acceptors (Lipinski definition) is 8. The summed E-state index contributed by atoms with van der Waals surface area (Å²) in [7, 11) is -3.86. The molecule has 0 saturated heterocycles. The molecule has 12 nitrogen and oxygen atoms in total. The molecule has 0 saturated carbocycles. The van der Waals surface area contributed by atoms with Crippen molar-refractivity contribution >= 4 is 16.1 Å². The van der Waals surface area contributed by atoms with Crippen LogP contribution >= 0.6 is 0 Å². The molecule has 0 aliphatic heterocycles. The van der Waals surface area contributed by atoms with Crippen molar-refractivity contribution < 1.29 is 22.6 Å². The average molecular weight is 334 g/mol. The smallest absolute Gasteiger partial charge is 0.390 e. The van der Waals surface area contributed by atoms with Gasteiger partial charge in [-0.15, -0.1) is 0 Å². The van der Waals surface area contributed by atoms with Crippen LogP contribution in [0.25, 0.3) is 10.4 Å². The Morgan fingerprint density at radius 1 is 1.64 bits per heavy atom. The van der Waals surface area contributed by atoms with Crippen molar-refractivity contribution in [2.45, 2.75) is 19.1 Å². The maximum absolute atomic E-state index is 11.5. The molecule has 1 N–H and O–H groups in total. The summed E-state index contributed by atoms with van der Waals surface area (Å²) in [5, 5.41) is 23.5. The summed E-state index contributed by atoms with van der Waals surface area (Å²) in [6.45, 7) is -0.757. The third-order valence-corrected chi connectivity index (χ3v) is 3.70. The van der Waals surface area contributed by atoms with Gasteiger partial charge in [-0.3, -0.25) is 4.18 Å². The van der Waals surface area contributed by atoms with E-state index < -0.39 is 33.7 Å². The van der Waals surface area contributed by atoms with Gasteiger partial charge in [0.2, 0.25) is 0 Å². The van der Waals surface area contributed by atoms with Crippen LogP contribution in [0.4, 0.5) is 5.95 Å². The number of nitro groups is 1. The summed E-state index contributed by atoms with van der Waals surface area (Å²) in [5.74, 6) is -0.819. The minimum atomic E-state index is -3.86. The van der Waals surface area contributed by atoms with E-state index in [1.165, 1.54) is 12.4 Å². The first kappa shape index (κ1) is 17.8. The van der Waals surface area contributed by atoms with Gasteiger partial charge in [-0.2, -0.15) is 8.42 Å². The SMILES string of the molecule is [N-]=[N+]=NCCCS(=O)(=O)OCC(O)Cn1ccnc1[N+](=O)[O-]. The lowest BCUT2D eigenvalue weighted by Crippen LogP contribution is -2.25. The Morgan fingerprint density at radius 3 is 3.00 bits per heavy atom. The van der Waals surface area contributed by atoms with Gasteiger partial charge in [0, 0.05) is 11.5 Å². The number of aliphatic hydroxyl groups is 1. The standard InChI is InChI=1S/C9H14N6O6S/c10-13-12-2-1-5-22(19,20)21-7-8(16)6-14-4-3-11-9(14)15(17)18/h3-4,8,16H,1-2,5-7H2. The van der Waals surface area contributed by atoms with Gasteiger partial charge in [0.25, 0.3) is 10.1 Å².